The number of hydrogen-bond donors (Lipinski definition) is 2. The van der Waals surface area contributed by atoms with Crippen LogP contribution in [0.4, 0.5) is 5.69 Å². The standard InChI is InChI=1S/C21H20N2O5S2/c1-12-4-6-14(7-5-12)22-18(24)11-23-20(26)17(30-21(23)29)10-13-8-15(27-2)19(25)16(9-13)28-3/h4-10,25H,11H2,1-3H3,(H,22,24)/b17-10-. The zero-order chi connectivity index (χ0) is 21.8. The SMILES string of the molecule is COc1cc(/C=C2\SC(=S)N(CC(=O)Nc3ccc(C)cc3)C2=O)cc(OC)c1O. The van der Waals surface area contributed by atoms with Crippen LogP contribution in [0.25, 0.3) is 6.08 Å². The number of methoxy groups -OCH3 is 2. The molecule has 30 heavy (non-hydrogen) atoms. The second-order valence-corrected chi connectivity index (χ2v) is 8.13. The summed E-state index contributed by atoms with van der Waals surface area (Å²) in [6.07, 6.45) is 1.61. The van der Waals surface area contributed by atoms with Crippen molar-refractivity contribution >= 4 is 51.9 Å². The Morgan fingerprint density at radius 2 is 1.80 bits per heavy atom. The number of carbonyl (C=O) groups excluding carboxylic acids is 2. The lowest BCUT2D eigenvalue weighted by molar-refractivity contribution is -0.126. The summed E-state index contributed by atoms with van der Waals surface area (Å²) in [6.45, 7) is 1.77. The molecule has 0 atom stereocenters. The molecule has 1 aliphatic rings. The minimum absolute atomic E-state index is 0.127. The Kier molecular flexibility index (Phi) is 6.63. The normalized spacial score (nSPS) is 14.9. The molecule has 0 aliphatic carbocycles. The Balaban J connectivity index is 1.75. The fourth-order valence-electron chi connectivity index (χ4n) is 2.77. The Morgan fingerprint density at radius 3 is 2.37 bits per heavy atom. The Hall–Kier alpha value is -3.04. The molecule has 0 bridgehead atoms. The van der Waals surface area contributed by atoms with E-state index < -0.39 is 0 Å². The van der Waals surface area contributed by atoms with Crippen molar-refractivity contribution < 1.29 is 24.2 Å². The van der Waals surface area contributed by atoms with E-state index in [2.05, 4.69) is 5.32 Å². The van der Waals surface area contributed by atoms with E-state index in [-0.39, 0.29) is 35.6 Å². The lowest BCUT2D eigenvalue weighted by atomic mass is 10.1. The van der Waals surface area contributed by atoms with Gasteiger partial charge in [0.1, 0.15) is 10.9 Å². The molecule has 0 unspecified atom stereocenters. The number of anilines is 1. The molecule has 1 saturated heterocycles. The summed E-state index contributed by atoms with van der Waals surface area (Å²) in [4.78, 5) is 26.8. The number of thiocarbonyl (C=S) groups is 1. The van der Waals surface area contributed by atoms with Crippen LogP contribution < -0.4 is 14.8 Å². The number of hydrogen-bond acceptors (Lipinski definition) is 7. The lowest BCUT2D eigenvalue weighted by Crippen LogP contribution is -2.36. The van der Waals surface area contributed by atoms with E-state index in [4.69, 9.17) is 21.7 Å². The third kappa shape index (κ3) is 4.74. The van der Waals surface area contributed by atoms with Crippen LogP contribution in [0.5, 0.6) is 17.2 Å². The van der Waals surface area contributed by atoms with Gasteiger partial charge in [0.15, 0.2) is 11.5 Å². The molecule has 2 N–H and O–H groups in total. The third-order valence-corrected chi connectivity index (χ3v) is 5.69. The highest BCUT2D eigenvalue weighted by Crippen LogP contribution is 2.39. The Morgan fingerprint density at radius 1 is 1.20 bits per heavy atom. The minimum Gasteiger partial charge on any atom is -0.502 e. The molecular formula is C21H20N2O5S2. The van der Waals surface area contributed by atoms with Crippen molar-refractivity contribution in [1.29, 1.82) is 0 Å². The molecular weight excluding hydrogens is 424 g/mol. The number of ether oxygens (including phenoxy) is 2. The number of nitrogens with one attached hydrogen (secondary N) is 1. The average molecular weight is 445 g/mol. The molecule has 0 spiro atoms. The number of amides is 2. The molecule has 7 nitrogen and oxygen atoms in total. The van der Waals surface area contributed by atoms with Gasteiger partial charge in [-0.25, -0.2) is 0 Å². The summed E-state index contributed by atoms with van der Waals surface area (Å²) in [5.41, 5.74) is 2.32. The van der Waals surface area contributed by atoms with Gasteiger partial charge in [0.25, 0.3) is 5.91 Å². The van der Waals surface area contributed by atoms with Crippen LogP contribution in [-0.2, 0) is 9.59 Å². The number of nitrogens with zero attached hydrogens (tertiary/aromatic N) is 1. The van der Waals surface area contributed by atoms with Crippen LogP contribution in [0.3, 0.4) is 0 Å². The van der Waals surface area contributed by atoms with Crippen LogP contribution in [0.1, 0.15) is 11.1 Å². The van der Waals surface area contributed by atoms with Crippen molar-refractivity contribution in [2.24, 2.45) is 0 Å². The maximum Gasteiger partial charge on any atom is 0.266 e. The van der Waals surface area contributed by atoms with Gasteiger partial charge in [-0.1, -0.05) is 41.7 Å². The summed E-state index contributed by atoms with van der Waals surface area (Å²) in [5, 5.41) is 12.8. The van der Waals surface area contributed by atoms with E-state index in [0.717, 1.165) is 17.3 Å². The maximum absolute atomic E-state index is 12.8. The molecule has 9 heteroatoms. The number of phenolic OH excluding ortho intramolecular Hbond substituents is 1. The first-order valence-electron chi connectivity index (χ1n) is 8.89. The highest BCUT2D eigenvalue weighted by molar-refractivity contribution is 8.26. The largest absolute Gasteiger partial charge is 0.502 e. The van der Waals surface area contributed by atoms with E-state index in [1.165, 1.54) is 19.1 Å². The quantitative estimate of drug-likeness (QED) is 0.520. The van der Waals surface area contributed by atoms with Crippen molar-refractivity contribution in [1.82, 2.24) is 4.90 Å². The molecule has 2 aromatic carbocycles. The molecule has 0 aromatic heterocycles. The monoisotopic (exact) mass is 444 g/mol. The van der Waals surface area contributed by atoms with Crippen molar-refractivity contribution in [2.45, 2.75) is 6.92 Å². The maximum atomic E-state index is 12.8. The average Bonchev–Trinajstić information content (AvgIpc) is 2.98. The van der Waals surface area contributed by atoms with Crippen molar-refractivity contribution in [3.05, 3.63) is 52.4 Å². The van der Waals surface area contributed by atoms with E-state index in [1.54, 1.807) is 30.3 Å². The lowest BCUT2D eigenvalue weighted by Gasteiger charge is -2.14. The Bertz CT molecular complexity index is 1010. The van der Waals surface area contributed by atoms with Crippen LogP contribution in [0, 0.1) is 6.92 Å². The zero-order valence-corrected chi connectivity index (χ0v) is 18.2. The highest BCUT2D eigenvalue weighted by atomic mass is 32.2. The van der Waals surface area contributed by atoms with Gasteiger partial charge in [-0.3, -0.25) is 14.5 Å². The molecule has 1 aliphatic heterocycles. The van der Waals surface area contributed by atoms with Crippen molar-refractivity contribution in [3.63, 3.8) is 0 Å². The molecule has 2 aromatic rings. The topological polar surface area (TPSA) is 88.1 Å². The minimum atomic E-state index is -0.366. The number of thioether (sulfide) groups is 1. The van der Waals surface area contributed by atoms with Gasteiger partial charge < -0.3 is 19.9 Å². The summed E-state index contributed by atoms with van der Waals surface area (Å²) < 4.78 is 10.6. The summed E-state index contributed by atoms with van der Waals surface area (Å²) >= 11 is 6.39. The Labute approximate surface area is 183 Å². The van der Waals surface area contributed by atoms with Crippen molar-refractivity contribution in [2.75, 3.05) is 26.1 Å². The van der Waals surface area contributed by atoms with Crippen molar-refractivity contribution in [3.8, 4) is 17.2 Å². The van der Waals surface area contributed by atoms with Gasteiger partial charge >= 0.3 is 0 Å². The first-order chi connectivity index (χ1) is 14.3. The predicted octanol–water partition coefficient (Wildman–Crippen LogP) is 3.56. The first-order valence-corrected chi connectivity index (χ1v) is 10.1. The van der Waals surface area contributed by atoms with E-state index in [9.17, 15) is 14.7 Å². The molecule has 1 fully saturated rings. The number of phenols is 1. The molecule has 0 radical (unpaired) electrons. The summed E-state index contributed by atoms with van der Waals surface area (Å²) in [5.74, 6) is -0.404. The highest BCUT2D eigenvalue weighted by Gasteiger charge is 2.33. The van der Waals surface area contributed by atoms with E-state index in [0.29, 0.717) is 20.5 Å². The van der Waals surface area contributed by atoms with Crippen LogP contribution >= 0.6 is 24.0 Å². The zero-order valence-electron chi connectivity index (χ0n) is 16.6. The fourth-order valence-corrected chi connectivity index (χ4v) is 4.02. The number of rotatable bonds is 6. The van der Waals surface area contributed by atoms with Crippen LogP contribution in [0.2, 0.25) is 0 Å². The number of carbonyl (C=O) groups is 2. The summed E-state index contributed by atoms with van der Waals surface area (Å²) in [7, 11) is 2.84. The molecule has 0 saturated carbocycles. The fraction of sp³-hybridized carbons (Fsp3) is 0.190. The molecule has 2 amide bonds. The smallest absolute Gasteiger partial charge is 0.266 e. The van der Waals surface area contributed by atoms with Gasteiger partial charge in [0, 0.05) is 5.69 Å². The molecule has 3 rings (SSSR count). The molecule has 1 heterocycles. The van der Waals surface area contributed by atoms with E-state index in [1.807, 2.05) is 19.1 Å². The van der Waals surface area contributed by atoms with Gasteiger partial charge in [-0.05, 0) is 42.8 Å². The van der Waals surface area contributed by atoms with Gasteiger partial charge in [0.05, 0.1) is 19.1 Å². The van der Waals surface area contributed by atoms with Gasteiger partial charge in [-0.2, -0.15) is 0 Å². The second kappa shape index (κ2) is 9.19. The van der Waals surface area contributed by atoms with Crippen LogP contribution in [0.15, 0.2) is 41.3 Å². The number of aryl methyl sites for hydroxylation is 1. The predicted molar refractivity (Wildman–Crippen MR) is 121 cm³/mol. The third-order valence-electron chi connectivity index (χ3n) is 4.31. The van der Waals surface area contributed by atoms with Gasteiger partial charge in [-0.15, -0.1) is 0 Å². The number of benzene rings is 2. The molecule has 156 valence electrons. The van der Waals surface area contributed by atoms with Gasteiger partial charge in [0.2, 0.25) is 11.7 Å². The summed E-state index contributed by atoms with van der Waals surface area (Å²) in [6, 6.07) is 10.5. The van der Waals surface area contributed by atoms with Crippen LogP contribution in [-0.4, -0.2) is 46.9 Å². The van der Waals surface area contributed by atoms with E-state index >= 15 is 0 Å². The second-order valence-electron chi connectivity index (χ2n) is 6.46. The number of aromatic hydroxyl groups is 1. The first kappa shape index (κ1) is 21.7.